The highest BCUT2D eigenvalue weighted by atomic mass is 16.6. The van der Waals surface area contributed by atoms with Gasteiger partial charge in [-0.05, 0) is 109 Å². The van der Waals surface area contributed by atoms with Crippen LogP contribution in [0.1, 0.15) is 113 Å². The van der Waals surface area contributed by atoms with Gasteiger partial charge in [-0.3, -0.25) is 14.8 Å². The number of amides is 2. The van der Waals surface area contributed by atoms with E-state index in [0.717, 1.165) is 52.2 Å². The van der Waals surface area contributed by atoms with E-state index in [1.165, 1.54) is 27.8 Å². The van der Waals surface area contributed by atoms with E-state index in [1.54, 1.807) is 11.8 Å². The van der Waals surface area contributed by atoms with Gasteiger partial charge < -0.3 is 15.0 Å². The average molecular weight is 611 g/mol. The highest BCUT2D eigenvalue weighted by molar-refractivity contribution is 5.88. The summed E-state index contributed by atoms with van der Waals surface area (Å²) < 4.78 is 5.48. The Bertz CT molecular complexity index is 1700. The first-order valence-electron chi connectivity index (χ1n) is 16.2. The fourth-order valence-corrected chi connectivity index (χ4v) is 6.03. The van der Waals surface area contributed by atoms with Gasteiger partial charge >= 0.3 is 6.09 Å². The van der Waals surface area contributed by atoms with Crippen LogP contribution >= 0.6 is 0 Å². The second kappa shape index (κ2) is 14.0. The van der Waals surface area contributed by atoms with Crippen molar-refractivity contribution < 1.29 is 14.3 Å². The van der Waals surface area contributed by atoms with Crippen LogP contribution in [0, 0.1) is 0 Å². The predicted molar refractivity (Wildman–Crippen MR) is 184 cm³/mol. The molecule has 0 aliphatic rings. The monoisotopic (exact) mass is 610 g/mol. The molecule has 2 heterocycles. The minimum atomic E-state index is -0.558. The van der Waals surface area contributed by atoms with Crippen LogP contribution < -0.4 is 5.32 Å². The van der Waals surface area contributed by atoms with Crippen molar-refractivity contribution in [2.75, 3.05) is 7.05 Å². The molecule has 1 N–H and O–H groups in total. The van der Waals surface area contributed by atoms with Crippen molar-refractivity contribution >= 4 is 33.8 Å². The highest BCUT2D eigenvalue weighted by Crippen LogP contribution is 2.33. The van der Waals surface area contributed by atoms with Gasteiger partial charge in [0.15, 0.2) is 0 Å². The lowest BCUT2D eigenvalue weighted by molar-refractivity contribution is -0.128. The predicted octanol–water partition coefficient (Wildman–Crippen LogP) is 8.38. The van der Waals surface area contributed by atoms with Crippen LogP contribution in [-0.2, 0) is 41.9 Å². The van der Waals surface area contributed by atoms with Crippen LogP contribution in [0.25, 0.3) is 21.8 Å². The Morgan fingerprint density at radius 1 is 0.889 bits per heavy atom. The van der Waals surface area contributed by atoms with E-state index in [0.29, 0.717) is 19.0 Å². The number of rotatable bonds is 10. The fourth-order valence-electron chi connectivity index (χ4n) is 6.03. The fraction of sp³-hybridized carbons (Fsp3) is 0.474. The van der Waals surface area contributed by atoms with E-state index in [9.17, 15) is 9.59 Å². The molecule has 0 aliphatic heterocycles. The van der Waals surface area contributed by atoms with Crippen LogP contribution in [0.4, 0.5) is 4.79 Å². The van der Waals surface area contributed by atoms with Crippen molar-refractivity contribution in [2.45, 2.75) is 112 Å². The maximum atomic E-state index is 12.5. The SMILES string of the molecule is CCc1cc(CNC(=O)OC(C)(C)C)c2ncc(CCc3cc(CN(C)C(C)=O)c4nccc(C(C)C)c4c3)c(C(C)C)c2c1. The van der Waals surface area contributed by atoms with Crippen molar-refractivity contribution in [1.82, 2.24) is 20.2 Å². The third kappa shape index (κ3) is 8.19. The zero-order chi connectivity index (χ0) is 33.1. The van der Waals surface area contributed by atoms with Crippen LogP contribution in [-0.4, -0.2) is 39.5 Å². The number of aromatic nitrogens is 2. The van der Waals surface area contributed by atoms with Crippen molar-refractivity contribution in [2.24, 2.45) is 0 Å². The van der Waals surface area contributed by atoms with Gasteiger partial charge in [0, 0.05) is 50.2 Å². The lowest BCUT2D eigenvalue weighted by Gasteiger charge is -2.21. The molecule has 0 saturated carbocycles. The van der Waals surface area contributed by atoms with E-state index in [2.05, 4.69) is 70.3 Å². The Morgan fingerprint density at radius 3 is 2.18 bits per heavy atom. The molecule has 7 nitrogen and oxygen atoms in total. The highest BCUT2D eigenvalue weighted by Gasteiger charge is 2.20. The maximum absolute atomic E-state index is 12.5. The van der Waals surface area contributed by atoms with Crippen molar-refractivity contribution in [1.29, 1.82) is 0 Å². The Labute approximate surface area is 268 Å². The normalized spacial score (nSPS) is 11.9. The molecule has 2 aromatic carbocycles. The van der Waals surface area contributed by atoms with Gasteiger partial charge in [0.1, 0.15) is 5.60 Å². The second-order valence-corrected chi connectivity index (χ2v) is 13.8. The topological polar surface area (TPSA) is 84.4 Å². The molecule has 4 aromatic rings. The van der Waals surface area contributed by atoms with Gasteiger partial charge in [-0.25, -0.2) is 4.79 Å². The molecular formula is C38H50N4O3. The summed E-state index contributed by atoms with van der Waals surface area (Å²) in [6, 6.07) is 11.0. The van der Waals surface area contributed by atoms with Gasteiger partial charge in [0.2, 0.25) is 5.91 Å². The molecule has 0 saturated heterocycles. The summed E-state index contributed by atoms with van der Waals surface area (Å²) in [5.74, 6) is 0.676. The molecule has 4 rings (SSSR count). The van der Waals surface area contributed by atoms with E-state index < -0.39 is 11.7 Å². The first-order valence-corrected chi connectivity index (χ1v) is 16.2. The first kappa shape index (κ1) is 33.9. The Kier molecular flexibility index (Phi) is 10.5. The minimum Gasteiger partial charge on any atom is -0.444 e. The molecule has 0 atom stereocenters. The number of fused-ring (bicyclic) bond motifs is 2. The average Bonchev–Trinajstić information content (AvgIpc) is 2.96. The van der Waals surface area contributed by atoms with Gasteiger partial charge in [-0.15, -0.1) is 0 Å². The molecule has 0 aliphatic carbocycles. The number of carbonyl (C=O) groups is 2. The number of nitrogens with zero attached hydrogens (tertiary/aromatic N) is 3. The Hall–Kier alpha value is -4.00. The van der Waals surface area contributed by atoms with Crippen molar-refractivity contribution in [3.05, 3.63) is 81.7 Å². The van der Waals surface area contributed by atoms with Crippen LogP contribution in [0.15, 0.2) is 42.7 Å². The third-order valence-electron chi connectivity index (χ3n) is 8.31. The summed E-state index contributed by atoms with van der Waals surface area (Å²) in [5, 5.41) is 5.24. The lowest BCUT2D eigenvalue weighted by atomic mass is 9.88. The van der Waals surface area contributed by atoms with Gasteiger partial charge in [-0.2, -0.15) is 0 Å². The summed E-state index contributed by atoms with van der Waals surface area (Å²) >= 11 is 0. The van der Waals surface area contributed by atoms with Crippen LogP contribution in [0.5, 0.6) is 0 Å². The first-order chi connectivity index (χ1) is 21.2. The van der Waals surface area contributed by atoms with Crippen LogP contribution in [0.2, 0.25) is 0 Å². The molecule has 0 radical (unpaired) electrons. The molecule has 2 aromatic heterocycles. The van der Waals surface area contributed by atoms with E-state index >= 15 is 0 Å². The number of hydrogen-bond acceptors (Lipinski definition) is 5. The zero-order valence-electron chi connectivity index (χ0n) is 28.8. The molecule has 7 heteroatoms. The molecule has 45 heavy (non-hydrogen) atoms. The van der Waals surface area contributed by atoms with Gasteiger partial charge in [0.05, 0.1) is 11.0 Å². The maximum Gasteiger partial charge on any atom is 0.407 e. The lowest BCUT2D eigenvalue weighted by Crippen LogP contribution is -2.32. The van der Waals surface area contributed by atoms with Crippen LogP contribution in [0.3, 0.4) is 0 Å². The van der Waals surface area contributed by atoms with Gasteiger partial charge in [-0.1, -0.05) is 46.8 Å². The standard InChI is InChI=1S/C38H50N4O3/c1-11-26-16-29(21-41-37(44)45-38(7,8)9)35-33(18-26)34(24(4)5)28(20-40-35)13-12-27-17-30(22-42(10)25(6)43)36-32(19-27)31(23(2)3)14-15-39-36/h14-20,23-24H,11-13,21-22H2,1-10H3,(H,41,44). The Balaban J connectivity index is 1.73. The summed E-state index contributed by atoms with van der Waals surface area (Å²) in [7, 11) is 1.84. The molecule has 0 fully saturated rings. The summed E-state index contributed by atoms with van der Waals surface area (Å²) in [6.45, 7) is 19.1. The summed E-state index contributed by atoms with van der Waals surface area (Å²) in [4.78, 5) is 36.1. The molecule has 0 bridgehead atoms. The zero-order valence-corrected chi connectivity index (χ0v) is 28.8. The number of alkyl carbamates (subject to hydrolysis) is 1. The number of aryl methyl sites for hydroxylation is 3. The number of nitrogens with one attached hydrogen (secondary N) is 1. The number of carbonyl (C=O) groups excluding carboxylic acids is 2. The largest absolute Gasteiger partial charge is 0.444 e. The van der Waals surface area contributed by atoms with E-state index in [-0.39, 0.29) is 11.8 Å². The smallest absolute Gasteiger partial charge is 0.407 e. The minimum absolute atomic E-state index is 0.0319. The molecule has 0 spiro atoms. The van der Waals surface area contributed by atoms with E-state index in [1.807, 2.05) is 40.2 Å². The van der Waals surface area contributed by atoms with Crippen molar-refractivity contribution in [3.8, 4) is 0 Å². The quantitative estimate of drug-likeness (QED) is 0.195. The second-order valence-electron chi connectivity index (χ2n) is 13.8. The Morgan fingerprint density at radius 2 is 1.56 bits per heavy atom. The molecule has 0 unspecified atom stereocenters. The van der Waals surface area contributed by atoms with Crippen molar-refractivity contribution in [3.63, 3.8) is 0 Å². The summed E-state index contributed by atoms with van der Waals surface area (Å²) in [5.41, 5.74) is 9.63. The molecule has 2 amide bonds. The number of ether oxygens (including phenoxy) is 1. The molecular weight excluding hydrogens is 560 g/mol. The number of hydrogen-bond donors (Lipinski definition) is 1. The number of pyridine rings is 2. The van der Waals surface area contributed by atoms with Gasteiger partial charge in [0.25, 0.3) is 0 Å². The third-order valence-corrected chi connectivity index (χ3v) is 8.31. The summed E-state index contributed by atoms with van der Waals surface area (Å²) in [6.07, 6.45) is 6.03. The van der Waals surface area contributed by atoms with E-state index in [4.69, 9.17) is 14.7 Å². The number of benzene rings is 2. The molecule has 240 valence electrons.